The van der Waals surface area contributed by atoms with Gasteiger partial charge in [0.05, 0.1) is 78.5 Å². The van der Waals surface area contributed by atoms with Crippen molar-refractivity contribution >= 4 is 79.0 Å². The third-order valence-electron chi connectivity index (χ3n) is 13.1. The fourth-order valence-electron chi connectivity index (χ4n) is 6.24. The summed E-state index contributed by atoms with van der Waals surface area (Å²) in [5.74, 6) is -32.1. The third kappa shape index (κ3) is 34.4. The summed E-state index contributed by atoms with van der Waals surface area (Å²) in [5.41, 5.74) is -17.4. The van der Waals surface area contributed by atoms with Crippen molar-refractivity contribution in [3.05, 3.63) is 0 Å². The fraction of sp³-hybridized carbons (Fsp3) is 0.733. The molecule has 0 spiro atoms. The molecule has 49 heteroatoms. The fourth-order valence-corrected chi connectivity index (χ4v) is 6.24. The van der Waals surface area contributed by atoms with Crippen LogP contribution in [-0.2, 0) is 57.5 Å². The highest BCUT2D eigenvalue weighted by Gasteiger charge is 2.84. The lowest BCUT2D eigenvalue weighted by atomic mass is 9.86. The second kappa shape index (κ2) is 45.5. The van der Waals surface area contributed by atoms with Crippen LogP contribution in [0.15, 0.2) is 0 Å². The van der Waals surface area contributed by atoms with Gasteiger partial charge in [0.1, 0.15) is 0 Å². The molecule has 0 saturated heterocycles. The molecule has 0 rings (SSSR count). The topological polar surface area (TPSA) is 517 Å². The standard InChI is InChI=1S/3C8H20N.3C5H2F6O4.3C2H2O4.BO3/c3*1-5-9(6-2,7-3)8-4;3*6-4(7,8)3(1(12)13,2(14)15)5(9,10)11;3*3-1(4)2(5)6;2-1(3)4/h3*5-8H2,1-4H3;3*(H,12,13)(H,14,15);3*(H,3,4)(H,5,6);/q3*+1;;;;;;;-3. The zero-order valence-corrected chi connectivity index (χ0v) is 51.2. The van der Waals surface area contributed by atoms with Crippen LogP contribution in [0.3, 0.4) is 0 Å². The summed E-state index contributed by atoms with van der Waals surface area (Å²) < 4.78 is 218. The second-order valence-corrected chi connectivity index (χ2v) is 17.0. The molecule has 0 aliphatic carbocycles. The molecule has 0 atom stereocenters. The Balaban J connectivity index is -0.000000107. The normalized spacial score (nSPS) is 11.7. The van der Waals surface area contributed by atoms with Crippen molar-refractivity contribution in [3.63, 3.8) is 0 Å². The third-order valence-corrected chi connectivity index (χ3v) is 13.1. The number of carbonyl (C=O) groups is 12. The predicted octanol–water partition coefficient (Wildman–Crippen LogP) is 2.97. The summed E-state index contributed by atoms with van der Waals surface area (Å²) in [6, 6.07) is 0. The molecule has 0 amide bonds. The average molecular weight is 1440 g/mol. The van der Waals surface area contributed by atoms with E-state index in [0.29, 0.717) is 0 Å². The van der Waals surface area contributed by atoms with Gasteiger partial charge >= 0.3 is 125 Å². The molecule has 0 radical (unpaired) electrons. The molecular formula is C45H72BF18N3O27. The van der Waals surface area contributed by atoms with E-state index in [1.807, 2.05) is 0 Å². The van der Waals surface area contributed by atoms with Gasteiger partial charge < -0.3 is 89.8 Å². The summed E-state index contributed by atoms with van der Waals surface area (Å²) in [6.07, 6.45) is -38.9. The Labute approximate surface area is 520 Å². The molecule has 0 aliphatic rings. The number of nitrogens with zero attached hydrogens (tertiary/aromatic N) is 3. The number of alkyl halides is 18. The van der Waals surface area contributed by atoms with Crippen molar-refractivity contribution in [3.8, 4) is 0 Å². The minimum atomic E-state index is -6.48. The largest absolute Gasteiger partial charge is 0.907 e. The van der Waals surface area contributed by atoms with Crippen LogP contribution in [-0.4, -0.2) is 269 Å². The molecule has 558 valence electrons. The van der Waals surface area contributed by atoms with E-state index in [0.717, 1.165) is 0 Å². The number of hydrogen-bond acceptors (Lipinski definition) is 15. The van der Waals surface area contributed by atoms with Gasteiger partial charge in [-0.1, -0.05) is 0 Å². The van der Waals surface area contributed by atoms with Gasteiger partial charge in [-0.15, -0.1) is 0 Å². The highest BCUT2D eigenvalue weighted by molar-refractivity contribution is 6.28. The molecule has 94 heavy (non-hydrogen) atoms. The summed E-state index contributed by atoms with van der Waals surface area (Å²) in [6.45, 7) is 42.7. The predicted molar refractivity (Wildman–Crippen MR) is 268 cm³/mol. The Morgan fingerprint density at radius 3 is 0.298 bits per heavy atom. The molecule has 0 heterocycles. The molecule has 0 unspecified atom stereocenters. The molecule has 0 aromatic rings. The summed E-state index contributed by atoms with van der Waals surface area (Å²) >= 11 is 0. The van der Waals surface area contributed by atoms with Crippen molar-refractivity contribution in [2.75, 3.05) is 78.5 Å². The number of aliphatic carboxylic acids is 12. The van der Waals surface area contributed by atoms with Crippen LogP contribution in [0.1, 0.15) is 83.1 Å². The minimum Gasteiger partial charge on any atom is -0.907 e. The smallest absolute Gasteiger partial charge is 0.424 e. The van der Waals surface area contributed by atoms with E-state index in [1.165, 1.54) is 92.0 Å². The lowest BCUT2D eigenvalue weighted by Crippen LogP contribution is -2.60. The van der Waals surface area contributed by atoms with Crippen LogP contribution in [0.4, 0.5) is 79.0 Å². The number of halogens is 18. The van der Waals surface area contributed by atoms with Crippen LogP contribution in [0.2, 0.25) is 0 Å². The van der Waals surface area contributed by atoms with Gasteiger partial charge in [-0.2, -0.15) is 79.0 Å². The van der Waals surface area contributed by atoms with Crippen LogP contribution in [0.25, 0.3) is 0 Å². The van der Waals surface area contributed by atoms with Crippen LogP contribution in [0, 0.1) is 16.2 Å². The van der Waals surface area contributed by atoms with Crippen molar-refractivity contribution in [2.45, 2.75) is 120 Å². The molecular weight excluding hydrogens is 1370 g/mol. The van der Waals surface area contributed by atoms with E-state index < -0.39 is 132 Å². The highest BCUT2D eigenvalue weighted by atomic mass is 19.4. The Morgan fingerprint density at radius 1 is 0.234 bits per heavy atom. The molecule has 0 bridgehead atoms. The van der Waals surface area contributed by atoms with Gasteiger partial charge in [-0.05, 0) is 83.1 Å². The lowest BCUT2D eigenvalue weighted by molar-refractivity contribution is -0.921. The van der Waals surface area contributed by atoms with E-state index in [4.69, 9.17) is 105 Å². The number of carboxylic acids is 12. The van der Waals surface area contributed by atoms with E-state index in [-0.39, 0.29) is 0 Å². The monoisotopic (exact) mass is 1440 g/mol. The number of hydrogen-bond donors (Lipinski definition) is 12. The van der Waals surface area contributed by atoms with E-state index in [1.54, 1.807) is 0 Å². The molecule has 30 nitrogen and oxygen atoms in total. The van der Waals surface area contributed by atoms with Crippen molar-refractivity contribution in [1.29, 1.82) is 0 Å². The van der Waals surface area contributed by atoms with E-state index >= 15 is 0 Å². The molecule has 0 fully saturated rings. The quantitative estimate of drug-likeness (QED) is 0.0308. The van der Waals surface area contributed by atoms with Gasteiger partial charge in [-0.3, -0.25) is 36.1 Å². The van der Waals surface area contributed by atoms with Crippen LogP contribution in [0.5, 0.6) is 0 Å². The van der Waals surface area contributed by atoms with Gasteiger partial charge in [0.25, 0.3) is 0 Å². The van der Waals surface area contributed by atoms with Crippen LogP contribution >= 0.6 is 0 Å². The van der Waals surface area contributed by atoms with E-state index in [2.05, 4.69) is 83.1 Å². The maximum Gasteiger partial charge on any atom is 0.424 e. The first kappa shape index (κ1) is 108. The Bertz CT molecular complexity index is 1930. The Hall–Kier alpha value is -7.80. The molecule has 12 N–H and O–H groups in total. The number of quaternary nitrogens is 3. The zero-order chi connectivity index (χ0) is 79.0. The SMILES string of the molecule is CC[N+](CC)(CC)CC.CC[N+](CC)(CC)CC.CC[N+](CC)(CC)CC.O=C(O)C(=O)O.O=C(O)C(=O)O.O=C(O)C(=O)O.O=C(O)C(C(=O)O)(C(F)(F)F)C(F)(F)F.O=C(O)C(C(=O)O)(C(F)(F)F)C(F)(F)F.O=C(O)C(C(=O)O)(C(F)(F)F)C(F)(F)F.[O-]B([O-])[O-]. The average Bonchev–Trinajstić information content (AvgIpc) is 0.759. The van der Waals surface area contributed by atoms with Gasteiger partial charge in [0, 0.05) is 0 Å². The van der Waals surface area contributed by atoms with Crippen molar-refractivity contribution in [1.82, 2.24) is 0 Å². The van der Waals surface area contributed by atoms with Gasteiger partial charge in [0.15, 0.2) is 0 Å². The van der Waals surface area contributed by atoms with Crippen molar-refractivity contribution < 1.29 is 226 Å². The van der Waals surface area contributed by atoms with Crippen molar-refractivity contribution in [2.24, 2.45) is 16.2 Å². The number of carboxylic acid groups (broad SMARTS) is 12. The van der Waals surface area contributed by atoms with E-state index in [9.17, 15) is 108 Å². The molecule has 0 aliphatic heterocycles. The first-order valence-electron chi connectivity index (χ1n) is 25.3. The first-order valence-corrected chi connectivity index (χ1v) is 25.3. The minimum absolute atomic E-state index is 1.28. The Kier molecular flexibility index (Phi) is 52.2. The first-order chi connectivity index (χ1) is 41.5. The summed E-state index contributed by atoms with van der Waals surface area (Å²) in [5, 5.41) is 117. The summed E-state index contributed by atoms with van der Waals surface area (Å²) in [4.78, 5) is 114. The molecule has 0 aromatic carbocycles. The van der Waals surface area contributed by atoms with Crippen LogP contribution < -0.4 is 15.1 Å². The lowest BCUT2D eigenvalue weighted by Gasteiger charge is -2.35. The zero-order valence-electron chi connectivity index (χ0n) is 51.2. The molecule has 0 saturated carbocycles. The maximum atomic E-state index is 11.9. The maximum absolute atomic E-state index is 11.9. The molecule has 0 aromatic heterocycles. The highest BCUT2D eigenvalue weighted by Crippen LogP contribution is 2.53. The second-order valence-electron chi connectivity index (χ2n) is 17.0. The summed E-state index contributed by atoms with van der Waals surface area (Å²) in [7, 11) is -2.92. The number of rotatable bonds is 18. The Morgan fingerprint density at radius 2 is 0.298 bits per heavy atom. The van der Waals surface area contributed by atoms with Gasteiger partial charge in [-0.25, -0.2) is 28.8 Å². The van der Waals surface area contributed by atoms with Gasteiger partial charge in [0.2, 0.25) is 0 Å².